The van der Waals surface area contributed by atoms with Crippen molar-refractivity contribution in [3.63, 3.8) is 0 Å². The van der Waals surface area contributed by atoms with Crippen molar-refractivity contribution in [2.75, 3.05) is 5.73 Å². The average Bonchev–Trinajstić information content (AvgIpc) is 2.25. The maximum absolute atomic E-state index is 5.81. The fourth-order valence-corrected chi connectivity index (χ4v) is 3.13. The van der Waals surface area contributed by atoms with E-state index in [0.29, 0.717) is 0 Å². The Morgan fingerprint density at radius 1 is 1.18 bits per heavy atom. The van der Waals surface area contributed by atoms with E-state index in [4.69, 9.17) is 5.73 Å². The minimum Gasteiger partial charge on any atom is -0.399 e. The van der Waals surface area contributed by atoms with Gasteiger partial charge in [0, 0.05) is 20.8 Å². The molecule has 0 aliphatic heterocycles. The molecule has 0 bridgehead atoms. The summed E-state index contributed by atoms with van der Waals surface area (Å²) in [6.07, 6.45) is 0. The van der Waals surface area contributed by atoms with Crippen molar-refractivity contribution in [3.05, 3.63) is 58.1 Å². The van der Waals surface area contributed by atoms with Gasteiger partial charge in [-0.15, -0.1) is 11.8 Å². The van der Waals surface area contributed by atoms with Crippen molar-refractivity contribution >= 4 is 33.4 Å². The van der Waals surface area contributed by atoms with Gasteiger partial charge in [-0.1, -0.05) is 33.6 Å². The average molecular weight is 308 g/mol. The molecule has 3 heteroatoms. The Labute approximate surface area is 115 Å². The van der Waals surface area contributed by atoms with Crippen molar-refractivity contribution in [2.45, 2.75) is 17.6 Å². The summed E-state index contributed by atoms with van der Waals surface area (Å²) in [5.41, 5.74) is 9.15. The molecular weight excluding hydrogens is 294 g/mol. The second kappa shape index (κ2) is 5.61. The summed E-state index contributed by atoms with van der Waals surface area (Å²) in [6, 6.07) is 14.6. The Kier molecular flexibility index (Phi) is 4.13. The Morgan fingerprint density at radius 2 is 2.00 bits per heavy atom. The van der Waals surface area contributed by atoms with Gasteiger partial charge in [0.15, 0.2) is 0 Å². The molecule has 17 heavy (non-hydrogen) atoms. The number of thioether (sulfide) groups is 1. The second-order valence-corrected chi connectivity index (χ2v) is 5.96. The third-order valence-corrected chi connectivity index (χ3v) is 3.90. The van der Waals surface area contributed by atoms with Crippen molar-refractivity contribution < 1.29 is 0 Å². The quantitative estimate of drug-likeness (QED) is 0.661. The Balaban J connectivity index is 2.07. The number of nitrogen functional groups attached to an aromatic ring is 1. The van der Waals surface area contributed by atoms with Crippen LogP contribution in [-0.4, -0.2) is 0 Å². The van der Waals surface area contributed by atoms with Crippen molar-refractivity contribution in [1.82, 2.24) is 0 Å². The Morgan fingerprint density at radius 3 is 2.71 bits per heavy atom. The highest BCUT2D eigenvalue weighted by Gasteiger charge is 1.99. The van der Waals surface area contributed by atoms with Gasteiger partial charge in [0.25, 0.3) is 0 Å². The van der Waals surface area contributed by atoms with Crippen LogP contribution in [0.5, 0.6) is 0 Å². The third kappa shape index (κ3) is 3.79. The van der Waals surface area contributed by atoms with Gasteiger partial charge in [-0.2, -0.15) is 0 Å². The molecule has 0 atom stereocenters. The highest BCUT2D eigenvalue weighted by atomic mass is 79.9. The summed E-state index contributed by atoms with van der Waals surface area (Å²) < 4.78 is 1.04. The number of anilines is 1. The Bertz CT molecular complexity index is 505. The van der Waals surface area contributed by atoms with E-state index >= 15 is 0 Å². The van der Waals surface area contributed by atoms with Gasteiger partial charge in [0.05, 0.1) is 0 Å². The van der Waals surface area contributed by atoms with Crippen LogP contribution >= 0.6 is 27.7 Å². The topological polar surface area (TPSA) is 26.0 Å². The van der Waals surface area contributed by atoms with E-state index in [1.165, 1.54) is 16.0 Å². The highest BCUT2D eigenvalue weighted by molar-refractivity contribution is 9.10. The largest absolute Gasteiger partial charge is 0.399 e. The molecule has 2 aromatic carbocycles. The number of nitrogens with two attached hydrogens (primary N) is 1. The number of halogens is 1. The molecule has 2 N–H and O–H groups in total. The van der Waals surface area contributed by atoms with E-state index in [1.807, 2.05) is 23.9 Å². The molecule has 0 aromatic heterocycles. The summed E-state index contributed by atoms with van der Waals surface area (Å²) in [5, 5.41) is 0. The molecule has 0 aliphatic rings. The smallest absolute Gasteiger partial charge is 0.0328 e. The molecule has 88 valence electrons. The molecule has 2 aromatic rings. The van der Waals surface area contributed by atoms with Gasteiger partial charge in [-0.05, 0) is 42.8 Å². The van der Waals surface area contributed by atoms with E-state index in [9.17, 15) is 0 Å². The molecular formula is C14H14BrNS. The van der Waals surface area contributed by atoms with Crippen LogP contribution in [0.15, 0.2) is 51.8 Å². The normalized spacial score (nSPS) is 10.5. The molecule has 0 spiro atoms. The molecule has 0 aliphatic carbocycles. The minimum atomic E-state index is 0.805. The predicted molar refractivity (Wildman–Crippen MR) is 79.3 cm³/mol. The third-order valence-electron chi connectivity index (χ3n) is 2.37. The highest BCUT2D eigenvalue weighted by Crippen LogP contribution is 2.26. The fourth-order valence-electron chi connectivity index (χ4n) is 1.63. The molecule has 1 nitrogen and oxygen atoms in total. The predicted octanol–water partition coefficient (Wildman–Crippen LogP) is 4.63. The van der Waals surface area contributed by atoms with Crippen LogP contribution in [0.25, 0.3) is 0 Å². The van der Waals surface area contributed by atoms with Gasteiger partial charge < -0.3 is 5.73 Å². The summed E-state index contributed by atoms with van der Waals surface area (Å²) in [7, 11) is 0. The minimum absolute atomic E-state index is 0.805. The molecule has 0 unspecified atom stereocenters. The zero-order valence-electron chi connectivity index (χ0n) is 9.61. The standard InChI is InChI=1S/C14H14BrNS/c1-10-3-2-4-14(5-10)17-9-11-6-12(15)8-13(16)7-11/h2-8H,9,16H2,1H3. The molecule has 0 amide bonds. The first-order valence-electron chi connectivity index (χ1n) is 5.38. The van der Waals surface area contributed by atoms with Crippen molar-refractivity contribution in [2.24, 2.45) is 0 Å². The molecule has 0 radical (unpaired) electrons. The van der Waals surface area contributed by atoms with Crippen molar-refractivity contribution in [1.29, 1.82) is 0 Å². The number of benzene rings is 2. The van der Waals surface area contributed by atoms with Crippen LogP contribution in [0.3, 0.4) is 0 Å². The number of aryl methyl sites for hydroxylation is 1. The molecule has 0 saturated heterocycles. The van der Waals surface area contributed by atoms with Gasteiger partial charge in [-0.3, -0.25) is 0 Å². The fraction of sp³-hybridized carbons (Fsp3) is 0.143. The Hall–Kier alpha value is -0.930. The van der Waals surface area contributed by atoms with Crippen LogP contribution in [0.2, 0.25) is 0 Å². The molecule has 0 heterocycles. The van der Waals surface area contributed by atoms with E-state index in [1.54, 1.807) is 0 Å². The van der Waals surface area contributed by atoms with Gasteiger partial charge in [0.1, 0.15) is 0 Å². The summed E-state index contributed by atoms with van der Waals surface area (Å²) in [4.78, 5) is 1.29. The summed E-state index contributed by atoms with van der Waals surface area (Å²) >= 11 is 5.29. The van der Waals surface area contributed by atoms with Crippen LogP contribution in [0, 0.1) is 6.92 Å². The molecule has 0 saturated carbocycles. The molecule has 2 rings (SSSR count). The lowest BCUT2D eigenvalue weighted by Crippen LogP contribution is -1.88. The lowest BCUT2D eigenvalue weighted by molar-refractivity contribution is 1.34. The van der Waals surface area contributed by atoms with E-state index in [-0.39, 0.29) is 0 Å². The van der Waals surface area contributed by atoms with Crippen LogP contribution in [-0.2, 0) is 5.75 Å². The maximum Gasteiger partial charge on any atom is 0.0328 e. The van der Waals surface area contributed by atoms with Gasteiger partial charge in [0.2, 0.25) is 0 Å². The zero-order valence-corrected chi connectivity index (χ0v) is 12.0. The number of rotatable bonds is 3. The van der Waals surface area contributed by atoms with Crippen LogP contribution < -0.4 is 5.73 Å². The van der Waals surface area contributed by atoms with Crippen LogP contribution in [0.1, 0.15) is 11.1 Å². The zero-order chi connectivity index (χ0) is 12.3. The van der Waals surface area contributed by atoms with Gasteiger partial charge in [-0.25, -0.2) is 0 Å². The second-order valence-electron chi connectivity index (χ2n) is 4.00. The SMILES string of the molecule is Cc1cccc(SCc2cc(N)cc(Br)c2)c1. The monoisotopic (exact) mass is 307 g/mol. The summed E-state index contributed by atoms with van der Waals surface area (Å²) in [5.74, 6) is 0.938. The van der Waals surface area contributed by atoms with Crippen LogP contribution in [0.4, 0.5) is 5.69 Å². The van der Waals surface area contributed by atoms with E-state index in [2.05, 4.69) is 53.2 Å². The van der Waals surface area contributed by atoms with E-state index in [0.717, 1.165) is 15.9 Å². The van der Waals surface area contributed by atoms with Crippen molar-refractivity contribution in [3.8, 4) is 0 Å². The first-order valence-corrected chi connectivity index (χ1v) is 7.16. The number of hydrogen-bond donors (Lipinski definition) is 1. The maximum atomic E-state index is 5.81. The van der Waals surface area contributed by atoms with Gasteiger partial charge >= 0.3 is 0 Å². The van der Waals surface area contributed by atoms with E-state index < -0.39 is 0 Å². The number of hydrogen-bond acceptors (Lipinski definition) is 2. The first kappa shape index (κ1) is 12.5. The lowest BCUT2D eigenvalue weighted by Gasteiger charge is -2.05. The summed E-state index contributed by atoms with van der Waals surface area (Å²) in [6.45, 7) is 2.11. The molecule has 0 fully saturated rings. The lowest BCUT2D eigenvalue weighted by atomic mass is 10.2. The first-order chi connectivity index (χ1) is 8.13.